The van der Waals surface area contributed by atoms with Gasteiger partial charge >= 0.3 is 0 Å². The number of methoxy groups -OCH3 is 1. The lowest BCUT2D eigenvalue weighted by atomic mass is 9.97. The van der Waals surface area contributed by atoms with E-state index in [1.54, 1.807) is 7.11 Å². The van der Waals surface area contributed by atoms with E-state index in [9.17, 15) is 0 Å². The molecule has 0 bridgehead atoms. The maximum atomic E-state index is 5.57. The second-order valence-corrected chi connectivity index (χ2v) is 6.97. The van der Waals surface area contributed by atoms with Crippen LogP contribution in [0.15, 0.2) is 4.99 Å². The number of hydrogen-bond donors (Lipinski definition) is 1. The molecule has 2 rings (SSSR count). The number of nitrogens with zero attached hydrogens (tertiary/aromatic N) is 3. The lowest BCUT2D eigenvalue weighted by Gasteiger charge is -2.32. The highest BCUT2D eigenvalue weighted by Gasteiger charge is 2.26. The van der Waals surface area contributed by atoms with Gasteiger partial charge in [0.15, 0.2) is 5.96 Å². The first-order valence-electron chi connectivity index (χ1n) is 9.51. The number of piperidine rings is 1. The molecule has 2 fully saturated rings. The van der Waals surface area contributed by atoms with E-state index in [4.69, 9.17) is 9.47 Å². The van der Waals surface area contributed by atoms with Crippen LogP contribution in [0.2, 0.25) is 0 Å². The van der Waals surface area contributed by atoms with Gasteiger partial charge in [0.25, 0.3) is 0 Å². The monoisotopic (exact) mass is 468 g/mol. The van der Waals surface area contributed by atoms with Crippen molar-refractivity contribution in [1.29, 1.82) is 0 Å². The average Bonchev–Trinajstić information content (AvgIpc) is 3.08. The number of aliphatic imine (C=N–C) groups is 1. The van der Waals surface area contributed by atoms with E-state index >= 15 is 0 Å². The Morgan fingerprint density at radius 3 is 2.52 bits per heavy atom. The fraction of sp³-hybridized carbons (Fsp3) is 0.944. The van der Waals surface area contributed by atoms with Crippen LogP contribution in [0.25, 0.3) is 0 Å². The molecule has 2 saturated heterocycles. The second kappa shape index (κ2) is 13.1. The van der Waals surface area contributed by atoms with Gasteiger partial charge in [-0.15, -0.1) is 24.0 Å². The molecule has 2 aliphatic rings. The summed E-state index contributed by atoms with van der Waals surface area (Å²) in [5.74, 6) is 2.46. The van der Waals surface area contributed by atoms with E-state index in [1.165, 1.54) is 32.4 Å². The van der Waals surface area contributed by atoms with E-state index in [0.717, 1.165) is 57.9 Å². The van der Waals surface area contributed by atoms with Crippen LogP contribution in [0.4, 0.5) is 0 Å². The Bertz CT molecular complexity index is 376. The van der Waals surface area contributed by atoms with Gasteiger partial charge in [-0.2, -0.15) is 0 Å². The van der Waals surface area contributed by atoms with Crippen molar-refractivity contribution in [3.63, 3.8) is 0 Å². The van der Waals surface area contributed by atoms with Crippen LogP contribution < -0.4 is 5.32 Å². The molecule has 2 heterocycles. The predicted octanol–water partition coefficient (Wildman–Crippen LogP) is 1.90. The fourth-order valence-electron chi connectivity index (χ4n) is 3.65. The zero-order valence-corrected chi connectivity index (χ0v) is 18.5. The maximum absolute atomic E-state index is 5.57. The minimum Gasteiger partial charge on any atom is -0.383 e. The third-order valence-electron chi connectivity index (χ3n) is 5.22. The van der Waals surface area contributed by atoms with Crippen LogP contribution in [-0.4, -0.2) is 89.0 Å². The van der Waals surface area contributed by atoms with Crippen molar-refractivity contribution in [3.8, 4) is 0 Å². The molecule has 25 heavy (non-hydrogen) atoms. The number of halogens is 1. The minimum atomic E-state index is 0. The van der Waals surface area contributed by atoms with Crippen molar-refractivity contribution in [2.24, 2.45) is 16.8 Å². The van der Waals surface area contributed by atoms with Crippen molar-refractivity contribution >= 4 is 29.9 Å². The van der Waals surface area contributed by atoms with Gasteiger partial charge in [0.1, 0.15) is 0 Å². The smallest absolute Gasteiger partial charge is 0.193 e. The SMILES string of the molecule is CCOCC1CCN(C(=NC)NCC2CCN(CCOC)CC2)C1.I. The summed E-state index contributed by atoms with van der Waals surface area (Å²) >= 11 is 0. The predicted molar refractivity (Wildman–Crippen MR) is 114 cm³/mol. The van der Waals surface area contributed by atoms with Gasteiger partial charge in [0.05, 0.1) is 13.2 Å². The molecule has 1 atom stereocenters. The number of hydrogen-bond acceptors (Lipinski definition) is 4. The summed E-state index contributed by atoms with van der Waals surface area (Å²) in [7, 11) is 3.67. The summed E-state index contributed by atoms with van der Waals surface area (Å²) < 4.78 is 10.7. The molecule has 0 aliphatic carbocycles. The zero-order chi connectivity index (χ0) is 17.2. The van der Waals surface area contributed by atoms with Crippen molar-refractivity contribution < 1.29 is 9.47 Å². The van der Waals surface area contributed by atoms with Gasteiger partial charge in [-0.25, -0.2) is 0 Å². The van der Waals surface area contributed by atoms with Gasteiger partial charge < -0.3 is 24.6 Å². The maximum Gasteiger partial charge on any atom is 0.193 e. The van der Waals surface area contributed by atoms with Crippen molar-refractivity contribution in [2.75, 3.05) is 73.2 Å². The molecule has 0 radical (unpaired) electrons. The topological polar surface area (TPSA) is 49.3 Å². The molecule has 0 aromatic rings. The molecule has 148 valence electrons. The minimum absolute atomic E-state index is 0. The Labute approximate surface area is 170 Å². The second-order valence-electron chi connectivity index (χ2n) is 6.97. The van der Waals surface area contributed by atoms with Crippen molar-refractivity contribution in [1.82, 2.24) is 15.1 Å². The summed E-state index contributed by atoms with van der Waals surface area (Å²) in [6.07, 6.45) is 3.74. The van der Waals surface area contributed by atoms with E-state index < -0.39 is 0 Å². The Morgan fingerprint density at radius 2 is 1.88 bits per heavy atom. The molecule has 0 saturated carbocycles. The highest BCUT2D eigenvalue weighted by molar-refractivity contribution is 14.0. The van der Waals surface area contributed by atoms with E-state index in [1.807, 2.05) is 7.05 Å². The molecule has 1 unspecified atom stereocenters. The van der Waals surface area contributed by atoms with E-state index in [-0.39, 0.29) is 24.0 Å². The number of ether oxygens (including phenoxy) is 2. The van der Waals surface area contributed by atoms with E-state index in [0.29, 0.717) is 5.92 Å². The molecule has 0 spiro atoms. The number of likely N-dealkylation sites (tertiary alicyclic amines) is 2. The lowest BCUT2D eigenvalue weighted by Crippen LogP contribution is -2.44. The summed E-state index contributed by atoms with van der Waals surface area (Å²) in [6, 6.07) is 0. The van der Waals surface area contributed by atoms with Gasteiger partial charge in [-0.05, 0) is 45.2 Å². The first-order chi connectivity index (χ1) is 11.8. The van der Waals surface area contributed by atoms with Crippen molar-refractivity contribution in [3.05, 3.63) is 0 Å². The Hall–Kier alpha value is -0.120. The molecular formula is C18H37IN4O2. The first-order valence-corrected chi connectivity index (χ1v) is 9.51. The average molecular weight is 468 g/mol. The van der Waals surface area contributed by atoms with Crippen LogP contribution in [0, 0.1) is 11.8 Å². The van der Waals surface area contributed by atoms with Crippen LogP contribution >= 0.6 is 24.0 Å². The quantitative estimate of drug-likeness (QED) is 0.335. The molecule has 0 aromatic carbocycles. The van der Waals surface area contributed by atoms with Crippen LogP contribution in [0.3, 0.4) is 0 Å². The summed E-state index contributed by atoms with van der Waals surface area (Å²) in [6.45, 7) is 11.2. The highest BCUT2D eigenvalue weighted by atomic mass is 127. The Kier molecular flexibility index (Phi) is 12.0. The molecule has 6 nitrogen and oxygen atoms in total. The van der Waals surface area contributed by atoms with Crippen LogP contribution in [0.1, 0.15) is 26.2 Å². The van der Waals surface area contributed by atoms with Crippen molar-refractivity contribution in [2.45, 2.75) is 26.2 Å². The molecule has 0 aromatic heterocycles. The normalized spacial score (nSPS) is 22.9. The first kappa shape index (κ1) is 22.9. The lowest BCUT2D eigenvalue weighted by molar-refractivity contribution is 0.114. The molecule has 2 aliphatic heterocycles. The number of guanidine groups is 1. The summed E-state index contributed by atoms with van der Waals surface area (Å²) in [5.41, 5.74) is 0. The third kappa shape index (κ3) is 7.97. The number of rotatable bonds is 8. The third-order valence-corrected chi connectivity index (χ3v) is 5.22. The van der Waals surface area contributed by atoms with E-state index in [2.05, 4.69) is 27.0 Å². The van der Waals surface area contributed by atoms with Gasteiger partial charge in [-0.3, -0.25) is 4.99 Å². The van der Waals surface area contributed by atoms with Gasteiger partial charge in [0, 0.05) is 52.9 Å². The molecule has 7 heteroatoms. The Morgan fingerprint density at radius 1 is 1.16 bits per heavy atom. The van der Waals surface area contributed by atoms with Crippen LogP contribution in [-0.2, 0) is 9.47 Å². The summed E-state index contributed by atoms with van der Waals surface area (Å²) in [5, 5.41) is 3.61. The molecule has 0 amide bonds. The standard InChI is InChI=1S/C18H36N4O2.HI/c1-4-24-15-17-7-10-22(14-17)18(19-2)20-13-16-5-8-21(9-6-16)11-12-23-3;/h16-17H,4-15H2,1-3H3,(H,19,20);1H. The van der Waals surface area contributed by atoms with Gasteiger partial charge in [-0.1, -0.05) is 0 Å². The fourth-order valence-corrected chi connectivity index (χ4v) is 3.65. The largest absolute Gasteiger partial charge is 0.383 e. The van der Waals surface area contributed by atoms with Crippen LogP contribution in [0.5, 0.6) is 0 Å². The highest BCUT2D eigenvalue weighted by Crippen LogP contribution is 2.18. The number of nitrogens with one attached hydrogen (secondary N) is 1. The van der Waals surface area contributed by atoms with Gasteiger partial charge in [0.2, 0.25) is 0 Å². The molecular weight excluding hydrogens is 431 g/mol. The Balaban J connectivity index is 0.00000312. The zero-order valence-electron chi connectivity index (χ0n) is 16.2. The molecule has 1 N–H and O–H groups in total. The summed E-state index contributed by atoms with van der Waals surface area (Å²) in [4.78, 5) is 9.38.